The molecule has 1 saturated carbocycles. The van der Waals surface area contributed by atoms with Crippen molar-refractivity contribution in [1.29, 1.82) is 0 Å². The SMILES string of the molecule is NC(=O)CSc1ccc(Cl)cc1CNC1CC1. The summed E-state index contributed by atoms with van der Waals surface area (Å²) < 4.78 is 0. The summed E-state index contributed by atoms with van der Waals surface area (Å²) in [5, 5.41) is 4.16. The molecule has 0 saturated heterocycles. The highest BCUT2D eigenvalue weighted by Crippen LogP contribution is 2.27. The van der Waals surface area contributed by atoms with Gasteiger partial charge < -0.3 is 11.1 Å². The van der Waals surface area contributed by atoms with Gasteiger partial charge in [-0.3, -0.25) is 4.79 Å². The van der Waals surface area contributed by atoms with Crippen LogP contribution in [-0.4, -0.2) is 17.7 Å². The Kier molecular flexibility index (Phi) is 4.31. The van der Waals surface area contributed by atoms with Gasteiger partial charge in [0.1, 0.15) is 0 Å². The molecule has 92 valence electrons. The van der Waals surface area contributed by atoms with Gasteiger partial charge in [0, 0.05) is 22.5 Å². The molecule has 0 bridgehead atoms. The molecule has 0 aliphatic heterocycles. The van der Waals surface area contributed by atoms with Gasteiger partial charge in [0.15, 0.2) is 0 Å². The molecule has 1 aliphatic rings. The van der Waals surface area contributed by atoms with Gasteiger partial charge in [-0.15, -0.1) is 11.8 Å². The fourth-order valence-corrected chi connectivity index (χ4v) is 2.49. The molecule has 17 heavy (non-hydrogen) atoms. The molecule has 3 N–H and O–H groups in total. The Labute approximate surface area is 110 Å². The van der Waals surface area contributed by atoms with Crippen molar-refractivity contribution in [3.8, 4) is 0 Å². The molecule has 5 heteroatoms. The Morgan fingerprint density at radius 1 is 1.53 bits per heavy atom. The van der Waals surface area contributed by atoms with Gasteiger partial charge in [0.05, 0.1) is 5.75 Å². The maximum atomic E-state index is 10.8. The second-order valence-electron chi connectivity index (χ2n) is 4.16. The van der Waals surface area contributed by atoms with E-state index in [4.69, 9.17) is 17.3 Å². The van der Waals surface area contributed by atoms with Crippen molar-refractivity contribution < 1.29 is 4.79 Å². The van der Waals surface area contributed by atoms with Gasteiger partial charge in [-0.1, -0.05) is 11.6 Å². The van der Waals surface area contributed by atoms with E-state index in [2.05, 4.69) is 5.32 Å². The summed E-state index contributed by atoms with van der Waals surface area (Å²) in [6.07, 6.45) is 2.51. The second kappa shape index (κ2) is 5.76. The second-order valence-corrected chi connectivity index (χ2v) is 5.62. The minimum absolute atomic E-state index is 0.300. The minimum Gasteiger partial charge on any atom is -0.369 e. The average Bonchev–Trinajstić information content (AvgIpc) is 3.08. The van der Waals surface area contributed by atoms with Crippen molar-refractivity contribution >= 4 is 29.3 Å². The van der Waals surface area contributed by atoms with Crippen molar-refractivity contribution in [2.75, 3.05) is 5.75 Å². The lowest BCUT2D eigenvalue weighted by molar-refractivity contribution is -0.115. The normalized spacial score (nSPS) is 14.9. The number of amides is 1. The lowest BCUT2D eigenvalue weighted by Gasteiger charge is -2.09. The minimum atomic E-state index is -0.300. The molecule has 1 aliphatic carbocycles. The van der Waals surface area contributed by atoms with E-state index in [0.717, 1.165) is 22.0 Å². The number of hydrogen-bond acceptors (Lipinski definition) is 3. The van der Waals surface area contributed by atoms with E-state index in [1.165, 1.54) is 24.6 Å². The van der Waals surface area contributed by atoms with E-state index in [1.807, 2.05) is 18.2 Å². The van der Waals surface area contributed by atoms with Crippen LogP contribution in [0.2, 0.25) is 5.02 Å². The molecule has 0 spiro atoms. The summed E-state index contributed by atoms with van der Waals surface area (Å²) in [5.74, 6) is 0.00368. The lowest BCUT2D eigenvalue weighted by Crippen LogP contribution is -2.16. The van der Waals surface area contributed by atoms with Crippen molar-refractivity contribution in [2.45, 2.75) is 30.3 Å². The number of benzene rings is 1. The molecule has 0 atom stereocenters. The Morgan fingerprint density at radius 2 is 2.29 bits per heavy atom. The molecule has 2 rings (SSSR count). The molecule has 0 radical (unpaired) electrons. The highest BCUT2D eigenvalue weighted by Gasteiger charge is 2.20. The summed E-state index contributed by atoms with van der Waals surface area (Å²) in [6.45, 7) is 0.798. The van der Waals surface area contributed by atoms with Gasteiger partial charge in [0.2, 0.25) is 5.91 Å². The monoisotopic (exact) mass is 270 g/mol. The number of nitrogens with one attached hydrogen (secondary N) is 1. The summed E-state index contributed by atoms with van der Waals surface area (Å²) in [7, 11) is 0. The van der Waals surface area contributed by atoms with E-state index >= 15 is 0 Å². The van der Waals surface area contributed by atoms with Crippen LogP contribution in [0.4, 0.5) is 0 Å². The van der Waals surface area contributed by atoms with Crippen molar-refractivity contribution in [3.05, 3.63) is 28.8 Å². The number of primary amides is 1. The van der Waals surface area contributed by atoms with Gasteiger partial charge in [0.25, 0.3) is 0 Å². The zero-order valence-corrected chi connectivity index (χ0v) is 11.0. The van der Waals surface area contributed by atoms with E-state index in [1.54, 1.807) is 0 Å². The van der Waals surface area contributed by atoms with E-state index in [-0.39, 0.29) is 5.91 Å². The van der Waals surface area contributed by atoms with Crippen LogP contribution in [0.3, 0.4) is 0 Å². The molecule has 0 heterocycles. The highest BCUT2D eigenvalue weighted by atomic mass is 35.5. The first-order chi connectivity index (χ1) is 8.15. The largest absolute Gasteiger partial charge is 0.369 e. The molecule has 1 aromatic carbocycles. The standard InChI is InChI=1S/C12H15ClN2OS/c13-9-1-4-11(17-7-12(14)16)8(5-9)6-15-10-2-3-10/h1,4-5,10,15H,2-3,6-7H2,(H2,14,16). The Hall–Kier alpha value is -0.710. The number of rotatable bonds is 6. The fourth-order valence-electron chi connectivity index (χ4n) is 1.52. The number of nitrogens with two attached hydrogens (primary N) is 1. The van der Waals surface area contributed by atoms with Crippen LogP contribution in [-0.2, 0) is 11.3 Å². The Balaban J connectivity index is 2.02. The molecule has 1 aromatic rings. The van der Waals surface area contributed by atoms with Crippen LogP contribution < -0.4 is 11.1 Å². The number of carbonyl (C=O) groups is 1. The average molecular weight is 271 g/mol. The molecular weight excluding hydrogens is 256 g/mol. The first-order valence-electron chi connectivity index (χ1n) is 5.58. The molecule has 1 amide bonds. The van der Waals surface area contributed by atoms with Crippen molar-refractivity contribution in [1.82, 2.24) is 5.32 Å². The van der Waals surface area contributed by atoms with Crippen LogP contribution in [0.15, 0.2) is 23.1 Å². The topological polar surface area (TPSA) is 55.1 Å². The zero-order valence-electron chi connectivity index (χ0n) is 9.41. The first kappa shape index (κ1) is 12.7. The van der Waals surface area contributed by atoms with E-state index < -0.39 is 0 Å². The summed E-state index contributed by atoms with van der Waals surface area (Å²) in [6, 6.07) is 6.38. The number of hydrogen-bond donors (Lipinski definition) is 2. The molecule has 0 aromatic heterocycles. The van der Waals surface area contributed by atoms with Crippen molar-refractivity contribution in [2.24, 2.45) is 5.73 Å². The van der Waals surface area contributed by atoms with Gasteiger partial charge in [-0.25, -0.2) is 0 Å². The van der Waals surface area contributed by atoms with Gasteiger partial charge >= 0.3 is 0 Å². The molecular formula is C12H15ClN2OS. The number of halogens is 1. The van der Waals surface area contributed by atoms with Crippen LogP contribution in [0.25, 0.3) is 0 Å². The van der Waals surface area contributed by atoms with Crippen LogP contribution in [0.1, 0.15) is 18.4 Å². The van der Waals surface area contributed by atoms with Crippen LogP contribution >= 0.6 is 23.4 Å². The third kappa shape index (κ3) is 4.22. The molecule has 1 fully saturated rings. The highest BCUT2D eigenvalue weighted by molar-refractivity contribution is 8.00. The fraction of sp³-hybridized carbons (Fsp3) is 0.417. The predicted octanol–water partition coefficient (Wildman–Crippen LogP) is 2.17. The van der Waals surface area contributed by atoms with E-state index in [9.17, 15) is 4.79 Å². The number of carbonyl (C=O) groups excluding carboxylic acids is 1. The van der Waals surface area contributed by atoms with Crippen LogP contribution in [0.5, 0.6) is 0 Å². The maximum absolute atomic E-state index is 10.8. The summed E-state index contributed by atoms with van der Waals surface area (Å²) in [5.41, 5.74) is 6.29. The maximum Gasteiger partial charge on any atom is 0.227 e. The molecule has 0 unspecified atom stereocenters. The Bertz CT molecular complexity index is 421. The third-order valence-electron chi connectivity index (χ3n) is 2.55. The van der Waals surface area contributed by atoms with Gasteiger partial charge in [-0.05, 0) is 36.6 Å². The smallest absolute Gasteiger partial charge is 0.227 e. The van der Waals surface area contributed by atoms with Crippen molar-refractivity contribution in [3.63, 3.8) is 0 Å². The first-order valence-corrected chi connectivity index (χ1v) is 6.94. The summed E-state index contributed by atoms with van der Waals surface area (Å²) >= 11 is 7.44. The lowest BCUT2D eigenvalue weighted by atomic mass is 10.2. The predicted molar refractivity (Wildman–Crippen MR) is 71.2 cm³/mol. The van der Waals surface area contributed by atoms with E-state index in [0.29, 0.717) is 11.8 Å². The summed E-state index contributed by atoms with van der Waals surface area (Å²) in [4.78, 5) is 11.9. The zero-order chi connectivity index (χ0) is 12.3. The van der Waals surface area contributed by atoms with Crippen LogP contribution in [0, 0.1) is 0 Å². The van der Waals surface area contributed by atoms with Gasteiger partial charge in [-0.2, -0.15) is 0 Å². The number of thioether (sulfide) groups is 1. The Morgan fingerprint density at radius 3 is 2.94 bits per heavy atom. The third-order valence-corrected chi connectivity index (χ3v) is 3.92. The quantitative estimate of drug-likeness (QED) is 0.779. The molecule has 3 nitrogen and oxygen atoms in total.